The van der Waals surface area contributed by atoms with E-state index in [0.29, 0.717) is 36.0 Å². The first-order valence-electron chi connectivity index (χ1n) is 8.60. The molecule has 1 fully saturated rings. The number of hydrogen-bond acceptors (Lipinski definition) is 4. The molecule has 26 heavy (non-hydrogen) atoms. The van der Waals surface area contributed by atoms with Crippen molar-refractivity contribution in [2.24, 2.45) is 0 Å². The first-order valence-corrected chi connectivity index (χ1v) is 8.98. The summed E-state index contributed by atoms with van der Waals surface area (Å²) in [7, 11) is 0. The van der Waals surface area contributed by atoms with Gasteiger partial charge in [0, 0.05) is 43.3 Å². The monoisotopic (exact) mass is 370 g/mol. The number of carbonyl (C=O) groups excluding carboxylic acids is 2. The van der Waals surface area contributed by atoms with Crippen LogP contribution in [-0.2, 0) is 11.2 Å². The minimum absolute atomic E-state index is 0.0436. The molecule has 0 aliphatic carbocycles. The molecule has 7 heteroatoms. The second-order valence-electron chi connectivity index (χ2n) is 6.64. The summed E-state index contributed by atoms with van der Waals surface area (Å²) < 4.78 is 0. The lowest BCUT2D eigenvalue weighted by Crippen LogP contribution is -2.56. The molecule has 4 rings (SSSR count). The normalized spacial score (nSPS) is 16.9. The van der Waals surface area contributed by atoms with Gasteiger partial charge in [-0.1, -0.05) is 11.6 Å². The van der Waals surface area contributed by atoms with Crippen LogP contribution in [0.3, 0.4) is 0 Å². The summed E-state index contributed by atoms with van der Waals surface area (Å²) in [6, 6.07) is 9.27. The van der Waals surface area contributed by atoms with Crippen molar-refractivity contribution in [3.8, 4) is 0 Å². The maximum atomic E-state index is 13.0. The molecule has 0 atom stereocenters. The van der Waals surface area contributed by atoms with E-state index in [4.69, 9.17) is 11.6 Å². The maximum Gasteiger partial charge on any atom is 0.258 e. The third kappa shape index (κ3) is 3.01. The lowest BCUT2D eigenvalue weighted by Gasteiger charge is -2.40. The van der Waals surface area contributed by atoms with Gasteiger partial charge in [0.15, 0.2) is 0 Å². The molecule has 2 aliphatic heterocycles. The number of rotatable bonds is 3. The van der Waals surface area contributed by atoms with Gasteiger partial charge < -0.3 is 15.1 Å². The van der Waals surface area contributed by atoms with Crippen molar-refractivity contribution in [3.05, 3.63) is 52.7 Å². The summed E-state index contributed by atoms with van der Waals surface area (Å²) in [5, 5.41) is 4.01. The smallest absolute Gasteiger partial charge is 0.258 e. The standard InChI is InChI=1S/C19H19ClN4O2/c1-12(25)23-10-15(11-23)22-18-17(3-2-7-21-18)24-8-6-13-9-14(20)4-5-16(13)19(24)26/h2-5,7,9,15H,6,8,10-11H2,1H3,(H,21,22). The number of halogens is 1. The van der Waals surface area contributed by atoms with Gasteiger partial charge in [0.1, 0.15) is 5.82 Å². The first kappa shape index (κ1) is 16.8. The van der Waals surface area contributed by atoms with Crippen LogP contribution in [0.2, 0.25) is 5.02 Å². The van der Waals surface area contributed by atoms with Gasteiger partial charge in [-0.05, 0) is 42.3 Å². The summed E-state index contributed by atoms with van der Waals surface area (Å²) in [4.78, 5) is 32.3. The number of amides is 2. The number of aromatic nitrogens is 1. The molecule has 0 saturated carbocycles. The van der Waals surface area contributed by atoms with Crippen molar-refractivity contribution in [1.29, 1.82) is 0 Å². The molecule has 1 N–H and O–H groups in total. The fourth-order valence-corrected chi connectivity index (χ4v) is 3.63. The van der Waals surface area contributed by atoms with Crippen LogP contribution in [-0.4, -0.2) is 47.4 Å². The number of pyridine rings is 1. The lowest BCUT2D eigenvalue weighted by molar-refractivity contribution is -0.132. The van der Waals surface area contributed by atoms with Crippen LogP contribution in [0, 0.1) is 0 Å². The van der Waals surface area contributed by atoms with Crippen LogP contribution in [0.25, 0.3) is 0 Å². The Hall–Kier alpha value is -2.60. The molecule has 0 radical (unpaired) electrons. The molecule has 1 aromatic carbocycles. The lowest BCUT2D eigenvalue weighted by atomic mass is 9.98. The Morgan fingerprint density at radius 2 is 2.12 bits per heavy atom. The van der Waals surface area contributed by atoms with Crippen LogP contribution in [0.1, 0.15) is 22.8 Å². The average molecular weight is 371 g/mol. The van der Waals surface area contributed by atoms with Gasteiger partial charge in [-0.15, -0.1) is 0 Å². The Bertz CT molecular complexity index is 880. The molecule has 0 spiro atoms. The Kier molecular flexibility index (Phi) is 4.28. The van der Waals surface area contributed by atoms with E-state index < -0.39 is 0 Å². The van der Waals surface area contributed by atoms with Crippen LogP contribution in [0.4, 0.5) is 11.5 Å². The van der Waals surface area contributed by atoms with E-state index in [1.165, 1.54) is 0 Å². The molecule has 2 aromatic rings. The zero-order valence-corrected chi connectivity index (χ0v) is 15.2. The molecule has 3 heterocycles. The SMILES string of the molecule is CC(=O)N1CC(Nc2ncccc2N2CCc3cc(Cl)ccc3C2=O)C1. The highest BCUT2D eigenvalue weighted by molar-refractivity contribution is 6.30. The van der Waals surface area contributed by atoms with Crippen molar-refractivity contribution in [3.63, 3.8) is 0 Å². The Morgan fingerprint density at radius 3 is 2.88 bits per heavy atom. The summed E-state index contributed by atoms with van der Waals surface area (Å²) in [5.74, 6) is 0.704. The average Bonchev–Trinajstić information content (AvgIpc) is 2.58. The molecule has 1 aromatic heterocycles. The Labute approximate surface area is 156 Å². The molecule has 0 bridgehead atoms. The van der Waals surface area contributed by atoms with Crippen molar-refractivity contribution < 1.29 is 9.59 Å². The predicted octanol–water partition coefficient (Wildman–Crippen LogP) is 2.58. The highest BCUT2D eigenvalue weighted by Crippen LogP contribution is 2.31. The van der Waals surface area contributed by atoms with E-state index >= 15 is 0 Å². The topological polar surface area (TPSA) is 65.5 Å². The van der Waals surface area contributed by atoms with Crippen molar-refractivity contribution in [2.75, 3.05) is 29.9 Å². The molecule has 0 unspecified atom stereocenters. The second-order valence-corrected chi connectivity index (χ2v) is 7.08. The number of nitrogens with zero attached hydrogens (tertiary/aromatic N) is 3. The minimum atomic E-state index is -0.0436. The molecular weight excluding hydrogens is 352 g/mol. The van der Waals surface area contributed by atoms with E-state index in [9.17, 15) is 9.59 Å². The third-order valence-electron chi connectivity index (χ3n) is 4.89. The van der Waals surface area contributed by atoms with Crippen LogP contribution in [0.15, 0.2) is 36.5 Å². The van der Waals surface area contributed by atoms with Gasteiger partial charge in [0.2, 0.25) is 5.91 Å². The fourth-order valence-electron chi connectivity index (χ4n) is 3.43. The zero-order chi connectivity index (χ0) is 18.3. The van der Waals surface area contributed by atoms with Gasteiger partial charge in [-0.25, -0.2) is 4.98 Å². The van der Waals surface area contributed by atoms with Crippen molar-refractivity contribution >= 4 is 34.9 Å². The van der Waals surface area contributed by atoms with E-state index in [0.717, 1.165) is 17.7 Å². The van der Waals surface area contributed by atoms with Gasteiger partial charge >= 0.3 is 0 Å². The number of likely N-dealkylation sites (tertiary alicyclic amines) is 1. The fraction of sp³-hybridized carbons (Fsp3) is 0.316. The largest absolute Gasteiger partial charge is 0.362 e. The van der Waals surface area contributed by atoms with Crippen LogP contribution >= 0.6 is 11.6 Å². The van der Waals surface area contributed by atoms with Gasteiger partial charge in [0.05, 0.1) is 11.7 Å². The van der Waals surface area contributed by atoms with Gasteiger partial charge in [-0.3, -0.25) is 9.59 Å². The third-order valence-corrected chi connectivity index (χ3v) is 5.13. The van der Waals surface area contributed by atoms with E-state index in [1.54, 1.807) is 35.1 Å². The molecule has 1 saturated heterocycles. The number of fused-ring (bicyclic) bond motifs is 1. The van der Waals surface area contributed by atoms with Gasteiger partial charge in [0.25, 0.3) is 5.91 Å². The minimum Gasteiger partial charge on any atom is -0.362 e. The zero-order valence-electron chi connectivity index (χ0n) is 14.4. The van der Waals surface area contributed by atoms with Crippen LogP contribution in [0.5, 0.6) is 0 Å². The highest BCUT2D eigenvalue weighted by Gasteiger charge is 2.31. The summed E-state index contributed by atoms with van der Waals surface area (Å²) >= 11 is 6.04. The van der Waals surface area contributed by atoms with E-state index in [1.807, 2.05) is 18.2 Å². The van der Waals surface area contributed by atoms with E-state index in [-0.39, 0.29) is 17.9 Å². The van der Waals surface area contributed by atoms with E-state index in [2.05, 4.69) is 10.3 Å². The number of carbonyl (C=O) groups is 2. The highest BCUT2D eigenvalue weighted by atomic mass is 35.5. The summed E-state index contributed by atoms with van der Waals surface area (Å²) in [5.41, 5.74) is 2.43. The molecular formula is C19H19ClN4O2. The molecule has 134 valence electrons. The Morgan fingerprint density at radius 1 is 1.31 bits per heavy atom. The maximum absolute atomic E-state index is 13.0. The van der Waals surface area contributed by atoms with Gasteiger partial charge in [-0.2, -0.15) is 0 Å². The number of hydrogen-bond donors (Lipinski definition) is 1. The van der Waals surface area contributed by atoms with Crippen molar-refractivity contribution in [1.82, 2.24) is 9.88 Å². The predicted molar refractivity (Wildman–Crippen MR) is 101 cm³/mol. The molecule has 6 nitrogen and oxygen atoms in total. The summed E-state index contributed by atoms with van der Waals surface area (Å²) in [6.07, 6.45) is 2.45. The molecule has 2 aliphatic rings. The number of anilines is 2. The first-order chi connectivity index (χ1) is 12.5. The quantitative estimate of drug-likeness (QED) is 0.901. The summed E-state index contributed by atoms with van der Waals surface area (Å²) in [6.45, 7) is 3.45. The second kappa shape index (κ2) is 6.61. The molecule has 2 amide bonds. The number of benzene rings is 1. The van der Waals surface area contributed by atoms with Crippen molar-refractivity contribution in [2.45, 2.75) is 19.4 Å². The number of nitrogens with one attached hydrogen (secondary N) is 1. The Balaban J connectivity index is 1.56. The van der Waals surface area contributed by atoms with Crippen LogP contribution < -0.4 is 10.2 Å².